The Morgan fingerprint density at radius 2 is 1.83 bits per heavy atom. The molecule has 3 aromatic heterocycles. The molecular weight excluding hydrogens is 656 g/mol. The summed E-state index contributed by atoms with van der Waals surface area (Å²) in [5.41, 5.74) is 1.93. The smallest absolute Gasteiger partial charge is 0.407 e. The number of piperidine rings is 1. The van der Waals surface area contributed by atoms with E-state index in [1.54, 1.807) is 16.9 Å². The van der Waals surface area contributed by atoms with Gasteiger partial charge < -0.3 is 35.2 Å². The Balaban J connectivity index is 0.000000416. The quantitative estimate of drug-likeness (QED) is 0.233. The summed E-state index contributed by atoms with van der Waals surface area (Å²) in [6.07, 6.45) is -0.233. The Hall–Kier alpha value is -3.74. The van der Waals surface area contributed by atoms with Crippen LogP contribution in [0.15, 0.2) is 30.6 Å². The summed E-state index contributed by atoms with van der Waals surface area (Å²) in [6.45, 7) is 3.44. The highest BCUT2D eigenvalue weighted by Gasteiger charge is 2.51. The van der Waals surface area contributed by atoms with E-state index in [9.17, 15) is 23.2 Å². The number of rotatable bonds is 8. The average molecular weight is 688 g/mol. The molecule has 1 amide bonds. The Morgan fingerprint density at radius 3 is 2.43 bits per heavy atom. The standard InChI is InChI=1S/C24H26ClF2N5O3S.C4H6O6/c1-15-17(12-32(30-15)21-16(4-3-7-29-21)13-34-22(33)28-2)11-31-8-5-23(6-9-31)20-18(10-19(25)36-20)24(26,27)14-35-23;5-1(3(7)8)2(6)4(9)10/h3-4,7,10,12H,5-6,8-9,11,13-14H2,1-2H3,(H,28,33);1-2,5-6H,(H,7,8)(H,9,10)/t;1-,2-/m.1/s1. The number of nitrogens with zero attached hydrogens (tertiary/aromatic N) is 4. The molecule has 3 aromatic rings. The van der Waals surface area contributed by atoms with Crippen LogP contribution in [0.4, 0.5) is 13.6 Å². The van der Waals surface area contributed by atoms with E-state index in [0.29, 0.717) is 47.5 Å². The summed E-state index contributed by atoms with van der Waals surface area (Å²) in [4.78, 5) is 38.3. The predicted molar refractivity (Wildman–Crippen MR) is 158 cm³/mol. The van der Waals surface area contributed by atoms with Gasteiger partial charge in [-0.3, -0.25) is 4.90 Å². The zero-order valence-electron chi connectivity index (χ0n) is 24.7. The number of hydrogen-bond acceptors (Lipinski definition) is 11. The van der Waals surface area contributed by atoms with Crippen LogP contribution in [0.3, 0.4) is 0 Å². The number of thiophene rings is 1. The Kier molecular flexibility index (Phi) is 11.0. The number of aliphatic carboxylic acids is 2. The Morgan fingerprint density at radius 1 is 1.17 bits per heavy atom. The van der Waals surface area contributed by atoms with E-state index < -0.39 is 48.4 Å². The molecule has 2 aliphatic rings. The number of fused-ring (bicyclic) bond motifs is 2. The highest BCUT2D eigenvalue weighted by molar-refractivity contribution is 7.16. The van der Waals surface area contributed by atoms with Gasteiger partial charge in [-0.2, -0.15) is 13.9 Å². The van der Waals surface area contributed by atoms with Crippen LogP contribution in [0.1, 0.15) is 40.1 Å². The van der Waals surface area contributed by atoms with Crippen LogP contribution in [0.2, 0.25) is 4.34 Å². The molecule has 1 saturated heterocycles. The minimum atomic E-state index is -3.01. The summed E-state index contributed by atoms with van der Waals surface area (Å²) < 4.78 is 41.9. The van der Waals surface area contributed by atoms with Crippen LogP contribution in [-0.4, -0.2) is 97.1 Å². The number of aliphatic hydroxyl groups excluding tert-OH is 2. The molecule has 5 heterocycles. The normalized spacial score (nSPS) is 18.1. The summed E-state index contributed by atoms with van der Waals surface area (Å²) >= 11 is 7.32. The molecule has 0 radical (unpaired) electrons. The van der Waals surface area contributed by atoms with Gasteiger partial charge in [0.15, 0.2) is 18.0 Å². The van der Waals surface area contributed by atoms with Gasteiger partial charge in [-0.15, -0.1) is 11.3 Å². The lowest BCUT2D eigenvalue weighted by atomic mass is 9.84. The highest BCUT2D eigenvalue weighted by Crippen LogP contribution is 2.52. The number of alkyl halides is 2. The van der Waals surface area contributed by atoms with Gasteiger partial charge in [-0.25, -0.2) is 24.0 Å². The number of alkyl carbamates (subject to hydrolysis) is 1. The van der Waals surface area contributed by atoms with Crippen molar-refractivity contribution in [2.45, 2.75) is 56.6 Å². The lowest BCUT2D eigenvalue weighted by Gasteiger charge is -2.45. The van der Waals surface area contributed by atoms with Gasteiger partial charge in [0, 0.05) is 60.6 Å². The molecule has 2 atom stereocenters. The minimum Gasteiger partial charge on any atom is -0.479 e. The summed E-state index contributed by atoms with van der Waals surface area (Å²) in [7, 11) is 1.50. The molecule has 2 aliphatic heterocycles. The molecule has 0 bridgehead atoms. The van der Waals surface area contributed by atoms with Gasteiger partial charge >= 0.3 is 18.0 Å². The summed E-state index contributed by atoms with van der Waals surface area (Å²) in [6, 6.07) is 5.01. The third-order valence-electron chi connectivity index (χ3n) is 7.55. The van der Waals surface area contributed by atoms with Crippen LogP contribution in [0.5, 0.6) is 0 Å². The topological polar surface area (TPSA) is 197 Å². The maximum atomic E-state index is 14.4. The van der Waals surface area contributed by atoms with Crippen molar-refractivity contribution >= 4 is 41.0 Å². The van der Waals surface area contributed by atoms with Crippen molar-refractivity contribution in [2.75, 3.05) is 26.7 Å². The number of ether oxygens (including phenoxy) is 2. The lowest BCUT2D eigenvalue weighted by Crippen LogP contribution is -2.48. The molecule has 14 nitrogen and oxygen atoms in total. The second-order valence-corrected chi connectivity index (χ2v) is 12.3. The molecule has 0 aliphatic carbocycles. The first-order valence-electron chi connectivity index (χ1n) is 13.9. The largest absolute Gasteiger partial charge is 0.479 e. The number of halogens is 3. The van der Waals surface area contributed by atoms with Gasteiger partial charge in [0.1, 0.15) is 18.8 Å². The molecule has 0 unspecified atom stereocenters. The fourth-order valence-corrected chi connectivity index (χ4v) is 6.50. The predicted octanol–water partition coefficient (Wildman–Crippen LogP) is 2.64. The number of amides is 1. The van der Waals surface area contributed by atoms with Crippen molar-refractivity contribution in [1.29, 1.82) is 0 Å². The number of carbonyl (C=O) groups is 3. The highest BCUT2D eigenvalue weighted by atomic mass is 35.5. The number of likely N-dealkylation sites (tertiary alicyclic amines) is 1. The second-order valence-electron chi connectivity index (χ2n) is 10.6. The Bertz CT molecular complexity index is 1560. The zero-order chi connectivity index (χ0) is 33.8. The fraction of sp³-hybridized carbons (Fsp3) is 0.464. The van der Waals surface area contributed by atoms with Gasteiger partial charge in [0.25, 0.3) is 5.92 Å². The molecule has 250 valence electrons. The van der Waals surface area contributed by atoms with Crippen LogP contribution >= 0.6 is 22.9 Å². The monoisotopic (exact) mass is 687 g/mol. The van der Waals surface area contributed by atoms with Gasteiger partial charge in [-0.1, -0.05) is 17.7 Å². The van der Waals surface area contributed by atoms with Crippen LogP contribution in [-0.2, 0) is 43.7 Å². The van der Waals surface area contributed by atoms with Crippen molar-refractivity contribution in [2.24, 2.45) is 0 Å². The summed E-state index contributed by atoms with van der Waals surface area (Å²) in [5, 5.41) is 39.6. The van der Waals surface area contributed by atoms with E-state index in [4.69, 9.17) is 41.5 Å². The number of carboxylic acids is 2. The van der Waals surface area contributed by atoms with Gasteiger partial charge in [0.2, 0.25) is 0 Å². The molecule has 0 aromatic carbocycles. The minimum absolute atomic E-state index is 0.0147. The number of carboxylic acid groups (broad SMARTS) is 2. The number of aryl methyl sites for hydroxylation is 1. The van der Waals surface area contributed by atoms with Crippen molar-refractivity contribution in [3.05, 3.63) is 62.2 Å². The lowest BCUT2D eigenvalue weighted by molar-refractivity contribution is -0.182. The first kappa shape index (κ1) is 35.1. The SMILES string of the molecule is CNC(=O)OCc1cccnc1-n1cc(CN2CCC3(CC2)OCC(F)(F)c2cc(Cl)sc23)c(C)n1.O=C(O)[C@H](O)[C@@H](O)C(=O)O. The number of aromatic nitrogens is 3. The van der Waals surface area contributed by atoms with E-state index in [1.807, 2.05) is 19.2 Å². The van der Waals surface area contributed by atoms with E-state index in [2.05, 4.69) is 20.3 Å². The molecular formula is C28H32ClF2N5O9S. The van der Waals surface area contributed by atoms with E-state index >= 15 is 0 Å². The average Bonchev–Trinajstić information content (AvgIpc) is 3.62. The number of aliphatic hydroxyl groups is 2. The zero-order valence-corrected chi connectivity index (χ0v) is 26.2. The third-order valence-corrected chi connectivity index (χ3v) is 9.00. The van der Waals surface area contributed by atoms with Crippen LogP contribution in [0.25, 0.3) is 5.82 Å². The first-order valence-corrected chi connectivity index (χ1v) is 15.1. The number of pyridine rings is 1. The van der Waals surface area contributed by atoms with Crippen molar-refractivity contribution < 1.29 is 53.1 Å². The van der Waals surface area contributed by atoms with Crippen LogP contribution in [0, 0.1) is 6.92 Å². The molecule has 5 N–H and O–H groups in total. The first-order chi connectivity index (χ1) is 21.7. The maximum absolute atomic E-state index is 14.4. The number of nitrogens with one attached hydrogen (secondary N) is 1. The van der Waals surface area contributed by atoms with Crippen molar-refractivity contribution in [3.63, 3.8) is 0 Å². The van der Waals surface area contributed by atoms with E-state index in [-0.39, 0.29) is 12.2 Å². The molecule has 0 saturated carbocycles. The van der Waals surface area contributed by atoms with Crippen LogP contribution < -0.4 is 5.32 Å². The van der Waals surface area contributed by atoms with Crippen molar-refractivity contribution in [3.8, 4) is 5.82 Å². The molecule has 1 spiro atoms. The number of carbonyl (C=O) groups excluding carboxylic acids is 1. The van der Waals surface area contributed by atoms with E-state index in [1.165, 1.54) is 24.5 Å². The van der Waals surface area contributed by atoms with E-state index in [0.717, 1.165) is 16.8 Å². The van der Waals surface area contributed by atoms with Gasteiger partial charge in [-0.05, 0) is 31.9 Å². The fourth-order valence-electron chi connectivity index (χ4n) is 5.02. The molecule has 1 fully saturated rings. The maximum Gasteiger partial charge on any atom is 0.407 e. The molecule has 18 heteroatoms. The Labute approximate surface area is 270 Å². The van der Waals surface area contributed by atoms with Gasteiger partial charge in [0.05, 0.1) is 10.0 Å². The molecule has 46 heavy (non-hydrogen) atoms. The van der Waals surface area contributed by atoms with Crippen molar-refractivity contribution in [1.82, 2.24) is 25.0 Å². The summed E-state index contributed by atoms with van der Waals surface area (Å²) in [5.74, 6) is -5.96. The second kappa shape index (κ2) is 14.4. The number of hydrogen-bond donors (Lipinski definition) is 5. The third kappa shape index (κ3) is 7.79. The molecule has 5 rings (SSSR count).